The van der Waals surface area contributed by atoms with Crippen molar-refractivity contribution in [1.29, 1.82) is 0 Å². The van der Waals surface area contributed by atoms with E-state index in [1.807, 2.05) is 18.2 Å². The molecule has 0 aliphatic heterocycles. The van der Waals surface area contributed by atoms with E-state index >= 15 is 0 Å². The van der Waals surface area contributed by atoms with Gasteiger partial charge in [0.25, 0.3) is 0 Å². The number of carbonyl (C=O) groups excluding carboxylic acids is 2. The molecule has 0 aromatic heterocycles. The molecule has 0 amide bonds. The van der Waals surface area contributed by atoms with Crippen LogP contribution in [0.1, 0.15) is 169 Å². The van der Waals surface area contributed by atoms with E-state index in [9.17, 15) is 9.59 Å². The number of hydroxylamine groups is 2. The molecule has 0 radical (unpaired) electrons. The van der Waals surface area contributed by atoms with Crippen LogP contribution in [-0.2, 0) is 23.9 Å². The molecule has 0 heterocycles. The molecule has 0 aromatic rings. The summed E-state index contributed by atoms with van der Waals surface area (Å²) >= 11 is 0. The van der Waals surface area contributed by atoms with E-state index in [0.717, 1.165) is 103 Å². The zero-order valence-electron chi connectivity index (χ0n) is 30.2. The molecular weight excluding hydrogens is 562 g/mol. The Kier molecular flexibility index (Phi) is 30.8. The minimum atomic E-state index is -0.0775. The maximum Gasteiger partial charge on any atom is 0.305 e. The Morgan fingerprint density at radius 3 is 1.73 bits per heavy atom. The third-order valence-electron chi connectivity index (χ3n) is 8.61. The Morgan fingerprint density at radius 2 is 1.20 bits per heavy atom. The summed E-state index contributed by atoms with van der Waals surface area (Å²) in [6.45, 7) is 14.3. The Labute approximate surface area is 278 Å². The molecule has 0 fully saturated rings. The summed E-state index contributed by atoms with van der Waals surface area (Å²) in [6.07, 6.45) is 25.3. The first-order valence-electron chi connectivity index (χ1n) is 18.7. The third kappa shape index (κ3) is 29.3. The van der Waals surface area contributed by atoms with Gasteiger partial charge in [-0.05, 0) is 69.4 Å². The van der Waals surface area contributed by atoms with Gasteiger partial charge in [-0.1, -0.05) is 123 Å². The fourth-order valence-corrected chi connectivity index (χ4v) is 5.42. The van der Waals surface area contributed by atoms with Crippen LogP contribution in [0, 0.1) is 11.8 Å². The molecule has 0 saturated heterocycles. The van der Waals surface area contributed by atoms with Crippen LogP contribution in [0.25, 0.3) is 0 Å². The van der Waals surface area contributed by atoms with Crippen LogP contribution in [0.15, 0.2) is 24.1 Å². The smallest absolute Gasteiger partial charge is 0.305 e. The minimum Gasteiger partial charge on any atom is -0.466 e. The molecule has 0 aromatic carbocycles. The van der Waals surface area contributed by atoms with Gasteiger partial charge in [0.05, 0.1) is 19.3 Å². The lowest BCUT2D eigenvalue weighted by atomic mass is 9.99. The molecule has 0 N–H and O–H groups in total. The molecule has 3 unspecified atom stereocenters. The average molecular weight is 634 g/mol. The summed E-state index contributed by atoms with van der Waals surface area (Å²) in [7, 11) is 2.01. The standard InChI is InChI=1S/C39H71NO5/c1-7-11-24-35(5)31-33-43-38(41)29-22-18-14-16-20-27-37(45-40(6)10-4)28-21-17-15-19-23-30-39(42)44-34-32-36(25-12-8-2)26-13-9-3/h25,35-37H,2,7,9-11,13-24,26-34H2,1,3-6H3. The van der Waals surface area contributed by atoms with Gasteiger partial charge >= 0.3 is 11.9 Å². The van der Waals surface area contributed by atoms with Crippen molar-refractivity contribution in [3.63, 3.8) is 0 Å². The lowest BCUT2D eigenvalue weighted by Crippen LogP contribution is -2.26. The Hall–Kier alpha value is -1.84. The van der Waals surface area contributed by atoms with Crippen molar-refractivity contribution in [3.8, 4) is 0 Å². The molecule has 45 heavy (non-hydrogen) atoms. The molecule has 0 aliphatic rings. The normalized spacial score (nSPS) is 13.1. The first-order chi connectivity index (χ1) is 21.9. The van der Waals surface area contributed by atoms with Gasteiger partial charge in [-0.25, -0.2) is 0 Å². The van der Waals surface area contributed by atoms with Crippen molar-refractivity contribution < 1.29 is 23.9 Å². The highest BCUT2D eigenvalue weighted by Gasteiger charge is 2.13. The summed E-state index contributed by atoms with van der Waals surface area (Å²) in [4.78, 5) is 30.3. The largest absolute Gasteiger partial charge is 0.466 e. The average Bonchev–Trinajstić information content (AvgIpc) is 3.03. The Bertz CT molecular complexity index is 786. The quantitative estimate of drug-likeness (QED) is 0.0318. The molecule has 6 nitrogen and oxygen atoms in total. The number of allylic oxidation sites excluding steroid dienone is 1. The second kappa shape index (κ2) is 32.1. The van der Waals surface area contributed by atoms with E-state index in [4.69, 9.17) is 14.3 Å². The van der Waals surface area contributed by atoms with Gasteiger partial charge < -0.3 is 9.47 Å². The first-order valence-corrected chi connectivity index (χ1v) is 18.7. The summed E-state index contributed by atoms with van der Waals surface area (Å²) in [5, 5.41) is 1.95. The summed E-state index contributed by atoms with van der Waals surface area (Å²) in [5.74, 6) is 0.897. The first kappa shape index (κ1) is 43.2. The molecule has 0 spiro atoms. The maximum absolute atomic E-state index is 12.1. The highest BCUT2D eigenvalue weighted by Crippen LogP contribution is 2.19. The summed E-state index contributed by atoms with van der Waals surface area (Å²) < 4.78 is 10.9. The molecule has 0 rings (SSSR count). The van der Waals surface area contributed by atoms with Crippen LogP contribution in [-0.4, -0.2) is 49.9 Å². The van der Waals surface area contributed by atoms with Gasteiger partial charge in [-0.15, -0.1) is 0 Å². The van der Waals surface area contributed by atoms with E-state index in [-0.39, 0.29) is 18.0 Å². The van der Waals surface area contributed by atoms with E-state index in [2.05, 4.69) is 45.7 Å². The molecule has 6 heteroatoms. The summed E-state index contributed by atoms with van der Waals surface area (Å²) in [5.41, 5.74) is 5.64. The van der Waals surface area contributed by atoms with Gasteiger partial charge in [0, 0.05) is 26.4 Å². The van der Waals surface area contributed by atoms with Gasteiger partial charge in [0.15, 0.2) is 0 Å². The van der Waals surface area contributed by atoms with Crippen LogP contribution in [0.5, 0.6) is 0 Å². The predicted octanol–water partition coefficient (Wildman–Crippen LogP) is 10.7. The van der Waals surface area contributed by atoms with Crippen LogP contribution in [0.3, 0.4) is 0 Å². The molecular formula is C39H71NO5. The SMILES string of the molecule is C=C=C=CC(CCCC)CCOC(=O)CCCCCCCC(CCCCCCCC(=O)OCCC(C)CCCC)ON(C)CC. The van der Waals surface area contributed by atoms with Gasteiger partial charge in [0.2, 0.25) is 0 Å². The van der Waals surface area contributed by atoms with Gasteiger partial charge in [-0.2, -0.15) is 5.06 Å². The van der Waals surface area contributed by atoms with E-state index in [1.165, 1.54) is 32.1 Å². The second-order valence-electron chi connectivity index (χ2n) is 12.9. The maximum atomic E-state index is 12.1. The Morgan fingerprint density at radius 1 is 0.689 bits per heavy atom. The fourth-order valence-electron chi connectivity index (χ4n) is 5.42. The van der Waals surface area contributed by atoms with Crippen LogP contribution in [0.2, 0.25) is 0 Å². The van der Waals surface area contributed by atoms with Crippen LogP contribution >= 0.6 is 0 Å². The van der Waals surface area contributed by atoms with E-state index in [0.29, 0.717) is 37.9 Å². The van der Waals surface area contributed by atoms with Crippen molar-refractivity contribution >= 4 is 11.9 Å². The molecule has 0 bridgehead atoms. The topological polar surface area (TPSA) is 65.1 Å². The van der Waals surface area contributed by atoms with Crippen molar-refractivity contribution in [3.05, 3.63) is 24.1 Å². The number of carbonyl (C=O) groups is 2. The predicted molar refractivity (Wildman–Crippen MR) is 188 cm³/mol. The number of nitrogens with zero attached hydrogens (tertiary/aromatic N) is 1. The highest BCUT2D eigenvalue weighted by atomic mass is 16.7. The second-order valence-corrected chi connectivity index (χ2v) is 12.9. The zero-order chi connectivity index (χ0) is 33.4. The number of ether oxygens (including phenoxy) is 2. The van der Waals surface area contributed by atoms with Crippen molar-refractivity contribution in [1.82, 2.24) is 5.06 Å². The fraction of sp³-hybridized carbons (Fsp3) is 0.846. The number of unbranched alkanes of at least 4 members (excludes halogenated alkanes) is 10. The van der Waals surface area contributed by atoms with Crippen LogP contribution < -0.4 is 0 Å². The number of esters is 2. The van der Waals surface area contributed by atoms with E-state index in [1.54, 1.807) is 0 Å². The third-order valence-corrected chi connectivity index (χ3v) is 8.61. The molecule has 0 aliphatic carbocycles. The molecule has 3 atom stereocenters. The van der Waals surface area contributed by atoms with Gasteiger partial charge in [0.1, 0.15) is 0 Å². The highest BCUT2D eigenvalue weighted by molar-refractivity contribution is 5.69. The van der Waals surface area contributed by atoms with Crippen LogP contribution in [0.4, 0.5) is 0 Å². The molecule has 0 saturated carbocycles. The lowest BCUT2D eigenvalue weighted by Gasteiger charge is -2.23. The van der Waals surface area contributed by atoms with Crippen molar-refractivity contribution in [2.75, 3.05) is 26.8 Å². The Balaban J connectivity index is 3.97. The van der Waals surface area contributed by atoms with Crippen molar-refractivity contribution in [2.24, 2.45) is 11.8 Å². The molecule has 262 valence electrons. The summed E-state index contributed by atoms with van der Waals surface area (Å²) in [6, 6.07) is 0. The number of rotatable bonds is 32. The number of hydrogen-bond donors (Lipinski definition) is 0. The number of hydrogen-bond acceptors (Lipinski definition) is 6. The van der Waals surface area contributed by atoms with Gasteiger partial charge in [-0.3, -0.25) is 14.4 Å². The zero-order valence-corrected chi connectivity index (χ0v) is 30.2. The minimum absolute atomic E-state index is 0.0362. The van der Waals surface area contributed by atoms with E-state index < -0.39 is 0 Å². The lowest BCUT2D eigenvalue weighted by molar-refractivity contribution is -0.183. The van der Waals surface area contributed by atoms with Crippen molar-refractivity contribution in [2.45, 2.75) is 175 Å². The monoisotopic (exact) mass is 634 g/mol.